The summed E-state index contributed by atoms with van der Waals surface area (Å²) in [7, 11) is -1.88. The fraction of sp³-hybridized carbons (Fsp3) is 0.364. The van der Waals surface area contributed by atoms with Gasteiger partial charge in [-0.3, -0.25) is 0 Å². The van der Waals surface area contributed by atoms with Gasteiger partial charge in [-0.2, -0.15) is 0 Å². The topological polar surface area (TPSA) is 0 Å². The van der Waals surface area contributed by atoms with Crippen LogP contribution in [0.25, 0.3) is 0 Å². The van der Waals surface area contributed by atoms with Crippen LogP contribution in [-0.2, 0) is 0 Å². The van der Waals surface area contributed by atoms with E-state index in [2.05, 4.69) is 73.8 Å². The smallest absolute Gasteiger partial charge is 0.103 e. The number of hydrogen-bond acceptors (Lipinski definition) is 0. The molecule has 0 nitrogen and oxygen atoms in total. The molecule has 23 heavy (non-hydrogen) atoms. The molecule has 120 valence electrons. The van der Waals surface area contributed by atoms with Crippen LogP contribution in [-0.4, -0.2) is 8.07 Å². The van der Waals surface area contributed by atoms with Gasteiger partial charge in [-0.25, -0.2) is 0 Å². The average Bonchev–Trinajstić information content (AvgIpc) is 2.63. The Balaban J connectivity index is 1.93. The first kappa shape index (κ1) is 16.3. The maximum absolute atomic E-state index is 4.64. The lowest BCUT2D eigenvalue weighted by atomic mass is 9.87. The maximum atomic E-state index is 4.64. The van der Waals surface area contributed by atoms with Crippen LogP contribution in [0.4, 0.5) is 0 Å². The van der Waals surface area contributed by atoms with Gasteiger partial charge in [0.15, 0.2) is 0 Å². The normalized spacial score (nSPS) is 16.2. The molecule has 0 aromatic heterocycles. The number of benzene rings is 2. The number of allylic oxidation sites excluding steroid dienone is 1. The molecular weight excluding hydrogens is 292 g/mol. The number of rotatable bonds is 5. The molecule has 1 fully saturated rings. The molecule has 0 unspecified atom stereocenters. The van der Waals surface area contributed by atoms with Crippen molar-refractivity contribution in [1.82, 2.24) is 0 Å². The molecule has 0 radical (unpaired) electrons. The average molecular weight is 321 g/mol. The highest BCUT2D eigenvalue weighted by molar-refractivity contribution is 7.06. The Labute approximate surface area is 142 Å². The Bertz CT molecular complexity index is 584. The molecule has 1 heteroatoms. The molecule has 3 rings (SSSR count). The van der Waals surface area contributed by atoms with Gasteiger partial charge in [-0.05, 0) is 22.7 Å². The van der Waals surface area contributed by atoms with E-state index >= 15 is 0 Å². The first-order valence-electron chi connectivity index (χ1n) is 9.00. The Morgan fingerprint density at radius 2 is 1.35 bits per heavy atom. The van der Waals surface area contributed by atoms with Gasteiger partial charge in [0, 0.05) is 0 Å². The van der Waals surface area contributed by atoms with Crippen LogP contribution >= 0.6 is 0 Å². The molecule has 0 heterocycles. The first-order chi connectivity index (χ1) is 11.2. The highest BCUT2D eigenvalue weighted by atomic mass is 28.3. The third-order valence-electron chi connectivity index (χ3n) is 5.67. The molecule has 0 amide bonds. The van der Waals surface area contributed by atoms with Crippen LogP contribution in [0.2, 0.25) is 6.55 Å². The minimum atomic E-state index is -1.88. The Hall–Kier alpha value is -1.60. The van der Waals surface area contributed by atoms with E-state index in [1.165, 1.54) is 54.1 Å². The molecule has 2 aromatic carbocycles. The fourth-order valence-electron chi connectivity index (χ4n) is 4.06. The van der Waals surface area contributed by atoms with Gasteiger partial charge < -0.3 is 0 Å². The van der Waals surface area contributed by atoms with Crippen molar-refractivity contribution in [3.8, 4) is 0 Å². The zero-order valence-corrected chi connectivity index (χ0v) is 15.3. The largest absolute Gasteiger partial charge is 0.140 e. The summed E-state index contributed by atoms with van der Waals surface area (Å²) in [6, 6.07) is 22.2. The summed E-state index contributed by atoms with van der Waals surface area (Å²) < 4.78 is 0. The minimum absolute atomic E-state index is 0.857. The second kappa shape index (κ2) is 7.31. The fourth-order valence-corrected chi connectivity index (χ4v) is 7.63. The molecule has 1 saturated carbocycles. The lowest BCUT2D eigenvalue weighted by Gasteiger charge is -2.34. The lowest BCUT2D eigenvalue weighted by Crippen LogP contribution is -2.57. The summed E-state index contributed by atoms with van der Waals surface area (Å²) >= 11 is 0. The molecule has 1 aliphatic carbocycles. The lowest BCUT2D eigenvalue weighted by molar-refractivity contribution is 0.359. The van der Waals surface area contributed by atoms with Crippen LogP contribution in [0.5, 0.6) is 0 Å². The minimum Gasteiger partial charge on any atom is -0.103 e. The molecule has 0 spiro atoms. The standard InChI is InChI=1S/C22H28Si/c1-19(18-20-12-6-3-7-13-20)23(2,21-14-8-4-9-15-21)22-16-10-5-11-17-22/h4-5,8-11,14-17,20H,1,3,6-7,12-13,18H2,2H3. The molecule has 0 atom stereocenters. The van der Waals surface area contributed by atoms with E-state index in [1.54, 1.807) is 0 Å². The summed E-state index contributed by atoms with van der Waals surface area (Å²) in [6.45, 7) is 7.12. The molecule has 2 aromatic rings. The van der Waals surface area contributed by atoms with Crippen molar-refractivity contribution < 1.29 is 0 Å². The van der Waals surface area contributed by atoms with Crippen LogP contribution in [0.3, 0.4) is 0 Å². The van der Waals surface area contributed by atoms with Gasteiger partial charge in [0.2, 0.25) is 0 Å². The van der Waals surface area contributed by atoms with Crippen molar-refractivity contribution in [1.29, 1.82) is 0 Å². The quantitative estimate of drug-likeness (QED) is 0.684. The van der Waals surface area contributed by atoms with Gasteiger partial charge in [0.1, 0.15) is 8.07 Å². The van der Waals surface area contributed by atoms with Crippen LogP contribution in [0, 0.1) is 5.92 Å². The van der Waals surface area contributed by atoms with E-state index in [0.717, 1.165) is 5.92 Å². The van der Waals surface area contributed by atoms with Gasteiger partial charge in [0.25, 0.3) is 0 Å². The highest BCUT2D eigenvalue weighted by Crippen LogP contribution is 2.31. The van der Waals surface area contributed by atoms with E-state index in [4.69, 9.17) is 0 Å². The van der Waals surface area contributed by atoms with Crippen LogP contribution in [0.15, 0.2) is 72.4 Å². The summed E-state index contributed by atoms with van der Waals surface area (Å²) in [5.41, 5.74) is 0. The third-order valence-corrected chi connectivity index (χ3v) is 10.3. The monoisotopic (exact) mass is 320 g/mol. The summed E-state index contributed by atoms with van der Waals surface area (Å²) in [5.74, 6) is 0.857. The Morgan fingerprint density at radius 3 is 1.83 bits per heavy atom. The van der Waals surface area contributed by atoms with Crippen molar-refractivity contribution in [3.63, 3.8) is 0 Å². The van der Waals surface area contributed by atoms with Crippen molar-refractivity contribution >= 4 is 18.4 Å². The third kappa shape index (κ3) is 3.50. The van der Waals surface area contributed by atoms with E-state index in [1.807, 2.05) is 0 Å². The van der Waals surface area contributed by atoms with E-state index in [-0.39, 0.29) is 0 Å². The first-order valence-corrected chi connectivity index (χ1v) is 11.5. The van der Waals surface area contributed by atoms with Crippen LogP contribution < -0.4 is 10.4 Å². The van der Waals surface area contributed by atoms with E-state index < -0.39 is 8.07 Å². The predicted molar refractivity (Wildman–Crippen MR) is 104 cm³/mol. The van der Waals surface area contributed by atoms with Crippen molar-refractivity contribution in [2.24, 2.45) is 5.92 Å². The highest BCUT2D eigenvalue weighted by Gasteiger charge is 2.35. The second-order valence-corrected chi connectivity index (χ2v) is 11.3. The molecule has 1 aliphatic rings. The number of hydrogen-bond donors (Lipinski definition) is 0. The van der Waals surface area contributed by atoms with Gasteiger partial charge in [0.05, 0.1) is 0 Å². The summed E-state index contributed by atoms with van der Waals surface area (Å²) in [4.78, 5) is 0. The zero-order chi connectivity index (χ0) is 16.1. The van der Waals surface area contributed by atoms with E-state index in [0.29, 0.717) is 0 Å². The van der Waals surface area contributed by atoms with Crippen molar-refractivity contribution in [2.45, 2.75) is 45.1 Å². The molecular formula is C22H28Si. The van der Waals surface area contributed by atoms with Crippen molar-refractivity contribution in [2.75, 3.05) is 0 Å². The van der Waals surface area contributed by atoms with Crippen molar-refractivity contribution in [3.05, 3.63) is 72.4 Å². The second-order valence-electron chi connectivity index (χ2n) is 7.17. The van der Waals surface area contributed by atoms with Gasteiger partial charge >= 0.3 is 0 Å². The molecule has 0 aliphatic heterocycles. The van der Waals surface area contributed by atoms with Crippen LogP contribution in [0.1, 0.15) is 38.5 Å². The summed E-state index contributed by atoms with van der Waals surface area (Å²) in [6.07, 6.45) is 8.25. The predicted octanol–water partition coefficient (Wildman–Crippen LogP) is 4.95. The zero-order valence-electron chi connectivity index (χ0n) is 14.3. The SMILES string of the molecule is C=C(CC1CCCCC1)[Si](C)(c1ccccc1)c1ccccc1. The molecule has 0 bridgehead atoms. The maximum Gasteiger partial charge on any atom is 0.140 e. The molecule has 0 saturated heterocycles. The van der Waals surface area contributed by atoms with Gasteiger partial charge in [-0.15, -0.1) is 6.58 Å². The van der Waals surface area contributed by atoms with Gasteiger partial charge in [-0.1, -0.05) is 105 Å². The Kier molecular flexibility index (Phi) is 5.17. The summed E-state index contributed by atoms with van der Waals surface area (Å²) in [5, 5.41) is 4.49. The molecule has 0 N–H and O–H groups in total. The Morgan fingerprint density at radius 1 is 0.870 bits per heavy atom. The van der Waals surface area contributed by atoms with E-state index in [9.17, 15) is 0 Å².